The molecule has 3 rings (SSSR count). The highest BCUT2D eigenvalue weighted by molar-refractivity contribution is 7.98. The van der Waals surface area contributed by atoms with E-state index in [1.165, 1.54) is 36.3 Å². The first kappa shape index (κ1) is 9.73. The van der Waals surface area contributed by atoms with Crippen LogP contribution in [0.3, 0.4) is 0 Å². The second-order valence-corrected chi connectivity index (χ2v) is 5.38. The summed E-state index contributed by atoms with van der Waals surface area (Å²) in [7, 11) is 0. The molecule has 1 atom stereocenters. The molecule has 3 nitrogen and oxygen atoms in total. The molecule has 0 spiro atoms. The second kappa shape index (κ2) is 4.18. The minimum atomic E-state index is 0.425. The molecule has 3 heterocycles. The van der Waals surface area contributed by atoms with Crippen LogP contribution in [0.5, 0.6) is 0 Å². The van der Waals surface area contributed by atoms with Crippen molar-refractivity contribution in [1.82, 2.24) is 10.5 Å². The Balaban J connectivity index is 1.87. The number of aromatic nitrogens is 1. The summed E-state index contributed by atoms with van der Waals surface area (Å²) < 4.78 is 5.53. The van der Waals surface area contributed by atoms with Crippen LogP contribution in [-0.2, 0) is 12.2 Å². The Morgan fingerprint density at radius 2 is 2.40 bits per heavy atom. The lowest BCUT2D eigenvalue weighted by atomic mass is 9.99. The van der Waals surface area contributed by atoms with Crippen LogP contribution < -0.4 is 5.32 Å². The van der Waals surface area contributed by atoms with E-state index in [2.05, 4.69) is 10.5 Å². The van der Waals surface area contributed by atoms with E-state index in [0.717, 1.165) is 24.5 Å². The van der Waals surface area contributed by atoms with Gasteiger partial charge in [0.15, 0.2) is 5.76 Å². The molecule has 1 unspecified atom stereocenters. The Bertz CT molecular complexity index is 344. The van der Waals surface area contributed by atoms with Crippen LogP contribution in [0.1, 0.15) is 42.3 Å². The molecule has 0 aromatic carbocycles. The highest BCUT2D eigenvalue weighted by Crippen LogP contribution is 2.33. The zero-order valence-corrected chi connectivity index (χ0v) is 9.61. The molecule has 1 aromatic heterocycles. The van der Waals surface area contributed by atoms with Gasteiger partial charge in [-0.05, 0) is 25.1 Å². The normalized spacial score (nSPS) is 26.3. The van der Waals surface area contributed by atoms with E-state index in [0.29, 0.717) is 6.04 Å². The number of nitrogens with zero attached hydrogens (tertiary/aromatic N) is 1. The Hall–Kier alpha value is -0.480. The molecule has 1 aromatic rings. The maximum absolute atomic E-state index is 5.53. The lowest BCUT2D eigenvalue weighted by Gasteiger charge is -2.22. The Labute approximate surface area is 94.0 Å². The maximum Gasteiger partial charge on any atom is 0.157 e. The van der Waals surface area contributed by atoms with E-state index in [4.69, 9.17) is 4.52 Å². The summed E-state index contributed by atoms with van der Waals surface area (Å²) in [6, 6.07) is 0.425. The van der Waals surface area contributed by atoms with Gasteiger partial charge in [-0.2, -0.15) is 11.8 Å². The summed E-state index contributed by atoms with van der Waals surface area (Å²) >= 11 is 1.99. The van der Waals surface area contributed by atoms with E-state index >= 15 is 0 Å². The van der Waals surface area contributed by atoms with Gasteiger partial charge < -0.3 is 9.84 Å². The number of nitrogens with one attached hydrogen (secondary N) is 1. The van der Waals surface area contributed by atoms with Crippen LogP contribution in [0.4, 0.5) is 0 Å². The fourth-order valence-electron chi connectivity index (χ4n) is 2.40. The van der Waals surface area contributed by atoms with E-state index in [9.17, 15) is 0 Å². The average Bonchev–Trinajstić information content (AvgIpc) is 2.74. The lowest BCUT2D eigenvalue weighted by molar-refractivity contribution is 0.302. The highest BCUT2D eigenvalue weighted by atomic mass is 32.2. The van der Waals surface area contributed by atoms with Crippen LogP contribution in [-0.4, -0.2) is 17.5 Å². The topological polar surface area (TPSA) is 38.1 Å². The van der Waals surface area contributed by atoms with Crippen LogP contribution in [0, 0.1) is 0 Å². The van der Waals surface area contributed by atoms with Crippen LogP contribution in [0.15, 0.2) is 4.52 Å². The number of thioether (sulfide) groups is 1. The Morgan fingerprint density at radius 1 is 1.40 bits per heavy atom. The van der Waals surface area contributed by atoms with Crippen molar-refractivity contribution in [3.8, 4) is 0 Å². The van der Waals surface area contributed by atoms with Crippen molar-refractivity contribution in [3.05, 3.63) is 17.0 Å². The summed E-state index contributed by atoms with van der Waals surface area (Å²) in [5.74, 6) is 3.40. The number of rotatable bonds is 1. The number of fused-ring (bicyclic) bond motifs is 1. The number of piperidine rings is 1. The predicted octanol–water partition coefficient (Wildman–Crippen LogP) is 2.28. The first-order valence-electron chi connectivity index (χ1n) is 5.73. The molecule has 0 radical (unpaired) electrons. The molecular weight excluding hydrogens is 208 g/mol. The fraction of sp³-hybridized carbons (Fsp3) is 0.727. The van der Waals surface area contributed by atoms with Gasteiger partial charge in [0.05, 0.1) is 11.7 Å². The molecule has 1 fully saturated rings. The Kier molecular flexibility index (Phi) is 2.71. The minimum Gasteiger partial charge on any atom is -0.359 e. The Morgan fingerprint density at radius 3 is 3.27 bits per heavy atom. The molecule has 82 valence electrons. The monoisotopic (exact) mass is 224 g/mol. The van der Waals surface area contributed by atoms with Crippen molar-refractivity contribution in [1.29, 1.82) is 0 Å². The van der Waals surface area contributed by atoms with Crippen LogP contribution in [0.25, 0.3) is 0 Å². The van der Waals surface area contributed by atoms with Gasteiger partial charge in [-0.15, -0.1) is 0 Å². The molecule has 15 heavy (non-hydrogen) atoms. The van der Waals surface area contributed by atoms with Crippen molar-refractivity contribution >= 4 is 11.8 Å². The molecular formula is C11H16N2OS. The molecule has 0 saturated carbocycles. The molecule has 1 N–H and O–H groups in total. The summed E-state index contributed by atoms with van der Waals surface area (Å²) in [6.45, 7) is 1.12. The number of aryl methyl sites for hydroxylation is 1. The molecule has 0 aliphatic carbocycles. The molecule has 0 amide bonds. The van der Waals surface area contributed by atoms with E-state index in [1.54, 1.807) is 0 Å². The SMILES string of the molecule is C1CCC(c2onc3c2CSCC3)NC1. The van der Waals surface area contributed by atoms with E-state index in [1.807, 2.05) is 11.8 Å². The number of hydrogen-bond donors (Lipinski definition) is 1. The third-order valence-electron chi connectivity index (χ3n) is 3.26. The van der Waals surface area contributed by atoms with Gasteiger partial charge in [-0.1, -0.05) is 11.6 Å². The van der Waals surface area contributed by atoms with Crippen LogP contribution >= 0.6 is 11.8 Å². The average molecular weight is 224 g/mol. The largest absolute Gasteiger partial charge is 0.359 e. The standard InChI is InChI=1S/C11H16N2OS/c1-2-5-12-10(3-1)11-8-7-15-6-4-9(8)13-14-11/h10,12H,1-7H2. The molecule has 1 saturated heterocycles. The second-order valence-electron chi connectivity index (χ2n) is 4.28. The van der Waals surface area contributed by atoms with Crippen molar-refractivity contribution in [2.75, 3.05) is 12.3 Å². The van der Waals surface area contributed by atoms with Crippen molar-refractivity contribution in [2.45, 2.75) is 37.5 Å². The molecule has 2 aliphatic rings. The maximum atomic E-state index is 5.53. The minimum absolute atomic E-state index is 0.425. The van der Waals surface area contributed by atoms with Gasteiger partial charge in [0, 0.05) is 17.7 Å². The summed E-state index contributed by atoms with van der Waals surface area (Å²) in [5.41, 5.74) is 2.58. The zero-order valence-electron chi connectivity index (χ0n) is 8.79. The number of hydrogen-bond acceptors (Lipinski definition) is 4. The van der Waals surface area contributed by atoms with E-state index in [-0.39, 0.29) is 0 Å². The molecule has 0 bridgehead atoms. The van der Waals surface area contributed by atoms with Gasteiger partial charge in [-0.3, -0.25) is 0 Å². The predicted molar refractivity (Wildman–Crippen MR) is 61.0 cm³/mol. The third-order valence-corrected chi connectivity index (χ3v) is 4.24. The fourth-order valence-corrected chi connectivity index (χ4v) is 3.40. The quantitative estimate of drug-likeness (QED) is 0.794. The van der Waals surface area contributed by atoms with Crippen LogP contribution in [0.2, 0.25) is 0 Å². The van der Waals surface area contributed by atoms with Gasteiger partial charge in [0.25, 0.3) is 0 Å². The first-order chi connectivity index (χ1) is 7.45. The van der Waals surface area contributed by atoms with Crippen molar-refractivity contribution < 1.29 is 4.52 Å². The lowest BCUT2D eigenvalue weighted by Crippen LogP contribution is -2.27. The van der Waals surface area contributed by atoms with E-state index < -0.39 is 0 Å². The van der Waals surface area contributed by atoms with Gasteiger partial charge in [0.1, 0.15) is 0 Å². The zero-order chi connectivity index (χ0) is 10.1. The van der Waals surface area contributed by atoms with Gasteiger partial charge in [0.2, 0.25) is 0 Å². The van der Waals surface area contributed by atoms with Crippen molar-refractivity contribution in [2.24, 2.45) is 0 Å². The summed E-state index contributed by atoms with van der Waals surface area (Å²) in [5, 5.41) is 7.73. The third kappa shape index (κ3) is 1.81. The summed E-state index contributed by atoms with van der Waals surface area (Å²) in [4.78, 5) is 0. The summed E-state index contributed by atoms with van der Waals surface area (Å²) in [6.07, 6.45) is 4.88. The van der Waals surface area contributed by atoms with Crippen molar-refractivity contribution in [3.63, 3.8) is 0 Å². The highest BCUT2D eigenvalue weighted by Gasteiger charge is 2.26. The van der Waals surface area contributed by atoms with Gasteiger partial charge >= 0.3 is 0 Å². The smallest absolute Gasteiger partial charge is 0.157 e. The molecule has 2 aliphatic heterocycles. The first-order valence-corrected chi connectivity index (χ1v) is 6.89. The van der Waals surface area contributed by atoms with Gasteiger partial charge in [-0.25, -0.2) is 0 Å². The molecule has 4 heteroatoms.